The number of hydrogen-bond donors (Lipinski definition) is 6. The molecule has 9 saturated heterocycles. The Bertz CT molecular complexity index is 3880. The van der Waals surface area contributed by atoms with Crippen molar-refractivity contribution in [2.75, 3.05) is 224 Å². The molecule has 9 fully saturated rings. The van der Waals surface area contributed by atoms with Crippen LogP contribution in [0.3, 0.4) is 0 Å². The Morgan fingerprint density at radius 2 is 0.963 bits per heavy atom. The molecule has 15 atom stereocenters. The molecule has 45 nitrogen and oxygen atoms in total. The van der Waals surface area contributed by atoms with Gasteiger partial charge in [0.2, 0.25) is 23.6 Å². The highest BCUT2D eigenvalue weighted by atomic mass is 33.1. The van der Waals surface area contributed by atoms with Crippen LogP contribution in [-0.2, 0) is 173 Å². The molecule has 0 saturated carbocycles. The first-order chi connectivity index (χ1) is 65.4. The molecule has 47 heteroatoms. The normalized spacial score (nSPS) is 26.9. The van der Waals surface area contributed by atoms with E-state index in [0.717, 1.165) is 30.0 Å². The lowest BCUT2D eigenvalue weighted by Crippen LogP contribution is -2.65. The van der Waals surface area contributed by atoms with Crippen LogP contribution in [0, 0.1) is 5.53 Å². The van der Waals surface area contributed by atoms with E-state index in [1.165, 1.54) is 13.8 Å². The zero-order valence-electron chi connectivity index (χ0n) is 79.2. The van der Waals surface area contributed by atoms with Crippen molar-refractivity contribution in [1.29, 1.82) is 5.53 Å². The number of carbonyl (C=O) groups is 4. The average molecular weight is 1960 g/mol. The van der Waals surface area contributed by atoms with Gasteiger partial charge in [-0.3, -0.25) is 19.2 Å². The lowest BCUT2D eigenvalue weighted by Gasteiger charge is -2.42. The van der Waals surface area contributed by atoms with Gasteiger partial charge in [-0.1, -0.05) is 40.1 Å². The molecular formula is C88H142N14O31S2. The van der Waals surface area contributed by atoms with Gasteiger partial charge in [0.25, 0.3) is 0 Å². The molecule has 762 valence electrons. The minimum Gasteiger partial charge on any atom is -0.387 e. The predicted molar refractivity (Wildman–Crippen MR) is 477 cm³/mol. The molecule has 6 N–H and O–H groups in total. The zero-order chi connectivity index (χ0) is 95.1. The Morgan fingerprint density at radius 3 is 1.47 bits per heavy atom. The quantitative estimate of drug-likeness (QED) is 0.0267. The minimum absolute atomic E-state index is 0.00591. The molecule has 135 heavy (non-hydrogen) atoms. The largest absolute Gasteiger partial charge is 0.387 e. The Morgan fingerprint density at radius 1 is 0.504 bits per heavy atom. The zero-order valence-corrected chi connectivity index (χ0v) is 80.8. The van der Waals surface area contributed by atoms with Crippen molar-refractivity contribution in [3.8, 4) is 0 Å². The number of ether oxygens (including phenoxy) is 27. The molecule has 9 aliphatic rings. The number of nitrogens with one attached hydrogen (secondary N) is 6. The highest BCUT2D eigenvalue weighted by Crippen LogP contribution is 2.50. The third-order valence-corrected chi connectivity index (χ3v) is 25.3. The summed E-state index contributed by atoms with van der Waals surface area (Å²) < 4.78 is 166. The highest BCUT2D eigenvalue weighted by molar-refractivity contribution is 8.76. The number of nitrogens with zero attached hydrogens (tertiary/aromatic N) is 8. The van der Waals surface area contributed by atoms with Gasteiger partial charge < -0.3 is 154 Å². The van der Waals surface area contributed by atoms with Gasteiger partial charge in [0.15, 0.2) is 36.2 Å². The number of pyridine rings is 1. The fourth-order valence-electron chi connectivity index (χ4n) is 16.8. The van der Waals surface area contributed by atoms with Gasteiger partial charge in [-0.25, -0.2) is 19.9 Å². The predicted octanol–water partition coefficient (Wildman–Crippen LogP) is 3.54. The van der Waals surface area contributed by atoms with Crippen molar-refractivity contribution in [3.63, 3.8) is 0 Å². The van der Waals surface area contributed by atoms with E-state index in [1.54, 1.807) is 55.7 Å². The van der Waals surface area contributed by atoms with Crippen molar-refractivity contribution in [3.05, 3.63) is 60.1 Å². The van der Waals surface area contributed by atoms with E-state index >= 15 is 0 Å². The number of amides is 4. The second kappa shape index (κ2) is 55.5. The summed E-state index contributed by atoms with van der Waals surface area (Å²) in [6.07, 6.45) is 8.62. The van der Waals surface area contributed by atoms with Crippen molar-refractivity contribution in [2.45, 2.75) is 252 Å². The molecule has 4 amide bonds. The van der Waals surface area contributed by atoms with Gasteiger partial charge in [-0.15, -0.1) is 10.2 Å². The maximum atomic E-state index is 14.3. The van der Waals surface area contributed by atoms with Crippen molar-refractivity contribution in [1.82, 2.24) is 61.6 Å². The van der Waals surface area contributed by atoms with E-state index in [1.807, 2.05) is 59.7 Å². The third-order valence-electron chi connectivity index (χ3n) is 22.9. The summed E-state index contributed by atoms with van der Waals surface area (Å²) in [5, 5.41) is 37.3. The maximum Gasteiger partial charge on any atom is 0.220 e. The Labute approximate surface area is 796 Å². The van der Waals surface area contributed by atoms with Crippen molar-refractivity contribution in [2.24, 2.45) is 5.11 Å². The number of fused-ring (bicyclic) bond motifs is 12. The summed E-state index contributed by atoms with van der Waals surface area (Å²) in [7, 11) is 3.42. The smallest absolute Gasteiger partial charge is 0.220 e. The summed E-state index contributed by atoms with van der Waals surface area (Å²) in [6.45, 7) is 23.7. The summed E-state index contributed by atoms with van der Waals surface area (Å²) in [5.74, 6) is -2.20. The van der Waals surface area contributed by atoms with Crippen LogP contribution in [0.5, 0.6) is 0 Å². The summed E-state index contributed by atoms with van der Waals surface area (Å²) in [6, 6.07) is 4.82. The number of aromatic nitrogens is 7. The summed E-state index contributed by atoms with van der Waals surface area (Å²) in [5.41, 5.74) is 5.51. The Hall–Kier alpha value is -5.93. The van der Waals surface area contributed by atoms with Gasteiger partial charge in [0.1, 0.15) is 87.1 Å². The van der Waals surface area contributed by atoms with Crippen LogP contribution < -0.4 is 26.6 Å². The topological polar surface area (TPSA) is 488 Å². The first-order valence-electron chi connectivity index (χ1n) is 46.9. The highest BCUT2D eigenvalue weighted by Gasteiger charge is 2.68. The van der Waals surface area contributed by atoms with E-state index in [9.17, 15) is 19.2 Å². The lowest BCUT2D eigenvalue weighted by atomic mass is 9.88. The maximum absolute atomic E-state index is 14.3. The molecule has 6 bridgehead atoms. The number of rotatable bonds is 73. The first-order valence-corrected chi connectivity index (χ1v) is 49.3. The average Bonchev–Trinajstić information content (AvgIpc) is 1.58. The van der Waals surface area contributed by atoms with Gasteiger partial charge >= 0.3 is 0 Å². The second-order valence-electron chi connectivity index (χ2n) is 35.6. The van der Waals surface area contributed by atoms with Crippen molar-refractivity contribution >= 4 is 45.2 Å². The van der Waals surface area contributed by atoms with E-state index < -0.39 is 88.8 Å². The monoisotopic (exact) mass is 1950 g/mol. The minimum atomic E-state index is -1.33. The van der Waals surface area contributed by atoms with Crippen LogP contribution in [0.25, 0.3) is 0 Å². The SMILES string of the molecule is CC(=O)N[C@H]1[C@@H]2OC[C@](COCCOCCOCCOCCn3cc(COCC(COC/C(=C/NCCOCCOCCOCCOC[C@]45CO[C@H](C[C@H]6OC(C)(C)O[C@H]64)O5)N=N)(COCc4cn(CCOCCOCCOCCOC[C@@]56CO[C@@H](O5)[C@H](NC(C)=O)[C@H]5OC(C)(C)O[C@H]56)nn4)NC(=O)CCCCCNC(=O)CCCCCSSc4ccccn4)nn3)(O2)[C@@H]2OC(C)(C)O[C@H]12. The third kappa shape index (κ3) is 35.0. The van der Waals surface area contributed by atoms with Crippen LogP contribution in [-0.4, -0.2) is 390 Å². The number of unbranched alkanes of at least 4 members (excludes halogenated alkanes) is 4. The lowest BCUT2D eigenvalue weighted by molar-refractivity contribution is -0.214. The number of hydrogen-bond acceptors (Lipinski definition) is 41. The Kier molecular flexibility index (Phi) is 44.3. The van der Waals surface area contributed by atoms with Gasteiger partial charge in [-0.2, -0.15) is 5.11 Å². The van der Waals surface area contributed by atoms with Crippen LogP contribution in [0.15, 0.2) is 58.8 Å². The molecular weight excluding hydrogens is 1810 g/mol. The van der Waals surface area contributed by atoms with E-state index in [2.05, 4.69) is 57.3 Å². The van der Waals surface area contributed by atoms with Crippen molar-refractivity contribution < 1.29 is 147 Å². The molecule has 9 aliphatic heterocycles. The summed E-state index contributed by atoms with van der Waals surface area (Å²) >= 11 is 0. The molecule has 1 unspecified atom stereocenters. The fraction of sp³-hybridized carbons (Fsp3) is 0.830. The van der Waals surface area contributed by atoms with E-state index in [4.69, 9.17) is 133 Å². The van der Waals surface area contributed by atoms with Gasteiger partial charge in [0.05, 0.1) is 250 Å². The molecule has 12 heterocycles. The molecule has 12 rings (SSSR count). The standard InChI is InChI=1S/C88H142N14O31S2/c1-63(103)93-73-75-78(130-83(5,6)127-75)87(61-123-80(73)132-87)58-117-44-41-114-38-35-111-32-29-108-26-23-101-49-66(97-99-101)52-120-55-85(95-70(106)18-11-9-14-20-91-69(105)17-12-10-16-46-134-135-71-19-13-15-21-92-71,54-119-51-65(96-89)48-90-22-25-107-28-31-110-34-37-113-40-43-116-57-86-60-122-72(126-86)47-68-77(86)129-82(3,4)125-68)56-121-53-67-50-102(100-98-67)24-27-109-30-33-112-36-39-115-42-45-118-59-88-62-124-81(133-88)74(94-64(2)104)76-79(88)131-84(7,8)128-76/h13,15,19,21,48-50,68,72-81,89-90H,9-12,14,16-18,20,22-47,51-62H2,1-8H3,(H,91,105)(H,93,103)(H,94,104)(H,95,106)/b65-48-,96-89?/t68-,72+,73-,74-,75-,76-,77-,78-,79-,80-,81+,85?,86+,87+,88+/m1/s1. The molecule has 0 spiro atoms. The van der Waals surface area contributed by atoms with Crippen LogP contribution in [0.1, 0.15) is 125 Å². The van der Waals surface area contributed by atoms with Crippen LogP contribution in [0.4, 0.5) is 0 Å². The van der Waals surface area contributed by atoms with Gasteiger partial charge in [-0.05, 0) is 90.2 Å². The molecule has 0 radical (unpaired) electrons. The number of carbonyl (C=O) groups excluding carboxylic acids is 4. The van der Waals surface area contributed by atoms with E-state index in [-0.39, 0.29) is 120 Å². The van der Waals surface area contributed by atoms with E-state index in [0.29, 0.717) is 222 Å². The molecule has 3 aromatic heterocycles. The molecule has 0 aromatic carbocycles. The van der Waals surface area contributed by atoms with Gasteiger partial charge in [0, 0.05) is 64.3 Å². The van der Waals surface area contributed by atoms with Crippen LogP contribution in [0.2, 0.25) is 0 Å². The first kappa shape index (κ1) is 108. The molecule has 3 aromatic rings. The molecule has 0 aliphatic carbocycles. The van der Waals surface area contributed by atoms with Crippen LogP contribution >= 0.6 is 21.6 Å². The Balaban J connectivity index is 0.568. The fourth-order valence-corrected chi connectivity index (χ4v) is 18.8. The second-order valence-corrected chi connectivity index (χ2v) is 38.1. The summed E-state index contributed by atoms with van der Waals surface area (Å²) in [4.78, 5) is 55.5.